The highest BCUT2D eigenvalue weighted by atomic mass is 32.1. The summed E-state index contributed by atoms with van der Waals surface area (Å²) in [5, 5.41) is 1.07. The average Bonchev–Trinajstić information content (AvgIpc) is 2.34. The minimum absolute atomic E-state index is 0.929. The predicted molar refractivity (Wildman–Crippen MR) is 54.8 cm³/mol. The van der Waals surface area contributed by atoms with E-state index in [0.29, 0.717) is 0 Å². The van der Waals surface area contributed by atoms with Crippen LogP contribution in [0.25, 0.3) is 5.70 Å². The first-order valence-electron chi connectivity index (χ1n) is 3.76. The van der Waals surface area contributed by atoms with E-state index in [1.54, 1.807) is 11.3 Å². The lowest BCUT2D eigenvalue weighted by Gasteiger charge is -1.95. The van der Waals surface area contributed by atoms with Crippen LogP contribution in [0.5, 0.6) is 0 Å². The largest absolute Gasteiger partial charge is 0.263 e. The lowest BCUT2D eigenvalue weighted by Crippen LogP contribution is -1.79. The Morgan fingerprint density at radius 1 is 1.58 bits per heavy atom. The minimum Gasteiger partial charge on any atom is -0.263 e. The zero-order valence-corrected chi connectivity index (χ0v) is 8.40. The lowest BCUT2D eigenvalue weighted by atomic mass is 10.3. The van der Waals surface area contributed by atoms with Crippen LogP contribution in [0.1, 0.15) is 22.5 Å². The summed E-state index contributed by atoms with van der Waals surface area (Å²) >= 11 is 1.66. The Kier molecular flexibility index (Phi) is 2.76. The second-order valence-corrected chi connectivity index (χ2v) is 3.68. The summed E-state index contributed by atoms with van der Waals surface area (Å²) in [6.45, 7) is 9.47. The highest BCUT2D eigenvalue weighted by Gasteiger charge is 2.07. The number of rotatable bonds is 2. The molecule has 0 spiro atoms. The molecule has 0 unspecified atom stereocenters. The van der Waals surface area contributed by atoms with Crippen LogP contribution in [0.2, 0.25) is 0 Å². The van der Waals surface area contributed by atoms with Gasteiger partial charge in [-0.05, 0) is 27.5 Å². The summed E-state index contributed by atoms with van der Waals surface area (Å²) in [5.41, 5.74) is 1.97. The molecule has 2 nitrogen and oxygen atoms in total. The second-order valence-electron chi connectivity index (χ2n) is 2.48. The van der Waals surface area contributed by atoms with Gasteiger partial charge in [-0.25, -0.2) is 4.98 Å². The van der Waals surface area contributed by atoms with Gasteiger partial charge >= 0.3 is 0 Å². The first kappa shape index (κ1) is 9.13. The Labute approximate surface area is 76.7 Å². The third-order valence-electron chi connectivity index (χ3n) is 1.58. The first-order chi connectivity index (χ1) is 5.69. The Bertz CT molecular complexity index is 323. The highest BCUT2D eigenvalue weighted by Crippen LogP contribution is 2.25. The van der Waals surface area contributed by atoms with Gasteiger partial charge < -0.3 is 0 Å². The van der Waals surface area contributed by atoms with Gasteiger partial charge in [0.05, 0.1) is 21.3 Å². The average molecular weight is 180 g/mol. The van der Waals surface area contributed by atoms with Crippen molar-refractivity contribution >= 4 is 23.8 Å². The molecule has 0 N–H and O–H groups in total. The number of hydrogen-bond donors (Lipinski definition) is 0. The molecule has 0 aliphatic heterocycles. The summed E-state index contributed by atoms with van der Waals surface area (Å²) in [5.74, 6) is 0. The molecular weight excluding hydrogens is 168 g/mol. The van der Waals surface area contributed by atoms with Gasteiger partial charge in [-0.1, -0.05) is 6.08 Å². The molecule has 0 radical (unpaired) electrons. The normalized spacial score (nSPS) is 11.8. The van der Waals surface area contributed by atoms with E-state index in [-0.39, 0.29) is 0 Å². The van der Waals surface area contributed by atoms with E-state index in [1.807, 2.05) is 26.8 Å². The topological polar surface area (TPSA) is 25.2 Å². The third kappa shape index (κ3) is 1.61. The molecule has 0 atom stereocenters. The zero-order chi connectivity index (χ0) is 9.14. The molecule has 0 amide bonds. The van der Waals surface area contributed by atoms with Crippen molar-refractivity contribution in [2.45, 2.75) is 20.8 Å². The fraction of sp³-hybridized carbons (Fsp3) is 0.333. The standard InChI is InChI=1S/C9H12N2S/c1-5-8(10-4)9-6(2)11-7(3)12-9/h5H,4H2,1-3H3/b8-5-. The van der Waals surface area contributed by atoms with Gasteiger partial charge in [0.1, 0.15) is 0 Å². The molecule has 1 heterocycles. The molecule has 0 fully saturated rings. The molecule has 12 heavy (non-hydrogen) atoms. The van der Waals surface area contributed by atoms with Crippen molar-refractivity contribution < 1.29 is 0 Å². The molecule has 0 aliphatic rings. The van der Waals surface area contributed by atoms with Crippen molar-refractivity contribution in [1.29, 1.82) is 0 Å². The van der Waals surface area contributed by atoms with Crippen LogP contribution in [-0.4, -0.2) is 11.7 Å². The van der Waals surface area contributed by atoms with Crippen LogP contribution >= 0.6 is 11.3 Å². The van der Waals surface area contributed by atoms with Gasteiger partial charge in [0.15, 0.2) is 0 Å². The Balaban J connectivity index is 3.17. The summed E-state index contributed by atoms with van der Waals surface area (Å²) < 4.78 is 0. The quantitative estimate of drug-likeness (QED) is 0.642. The fourth-order valence-electron chi connectivity index (χ4n) is 1.06. The van der Waals surface area contributed by atoms with E-state index >= 15 is 0 Å². The van der Waals surface area contributed by atoms with Crippen LogP contribution in [0, 0.1) is 13.8 Å². The van der Waals surface area contributed by atoms with Gasteiger partial charge in [0.25, 0.3) is 0 Å². The van der Waals surface area contributed by atoms with Crippen molar-refractivity contribution in [2.24, 2.45) is 4.99 Å². The van der Waals surface area contributed by atoms with Crippen molar-refractivity contribution in [2.75, 3.05) is 0 Å². The number of hydrogen-bond acceptors (Lipinski definition) is 3. The molecule has 64 valence electrons. The van der Waals surface area contributed by atoms with E-state index < -0.39 is 0 Å². The monoisotopic (exact) mass is 180 g/mol. The maximum absolute atomic E-state index is 4.32. The van der Waals surface area contributed by atoms with Crippen molar-refractivity contribution in [1.82, 2.24) is 4.98 Å². The molecule has 3 heteroatoms. The number of nitrogens with zero attached hydrogens (tertiary/aromatic N) is 2. The highest BCUT2D eigenvalue weighted by molar-refractivity contribution is 7.12. The SMILES string of the molecule is C=N/C(=C\C)c1sc(C)nc1C. The predicted octanol–water partition coefficient (Wildman–Crippen LogP) is 2.82. The molecular formula is C9H12N2S. The Hall–Kier alpha value is -0.960. The number of aromatic nitrogens is 1. The van der Waals surface area contributed by atoms with Crippen LogP contribution in [0.4, 0.5) is 0 Å². The van der Waals surface area contributed by atoms with E-state index in [1.165, 1.54) is 0 Å². The Morgan fingerprint density at radius 3 is 2.58 bits per heavy atom. The zero-order valence-electron chi connectivity index (χ0n) is 7.59. The van der Waals surface area contributed by atoms with Crippen molar-refractivity contribution in [3.8, 4) is 0 Å². The summed E-state index contributed by atoms with van der Waals surface area (Å²) in [4.78, 5) is 9.38. The van der Waals surface area contributed by atoms with Gasteiger partial charge in [-0.2, -0.15) is 0 Å². The molecule has 0 aliphatic carbocycles. The first-order valence-corrected chi connectivity index (χ1v) is 4.58. The fourth-order valence-corrected chi connectivity index (χ4v) is 2.02. The smallest absolute Gasteiger partial charge is 0.0904 e. The molecule has 0 aromatic carbocycles. The van der Waals surface area contributed by atoms with Crippen LogP contribution < -0.4 is 0 Å². The van der Waals surface area contributed by atoms with Gasteiger partial charge in [-0.15, -0.1) is 11.3 Å². The third-order valence-corrected chi connectivity index (χ3v) is 2.68. The van der Waals surface area contributed by atoms with E-state index in [9.17, 15) is 0 Å². The second kappa shape index (κ2) is 3.63. The molecule has 1 rings (SSSR count). The van der Waals surface area contributed by atoms with Crippen LogP contribution in [0.3, 0.4) is 0 Å². The Morgan fingerprint density at radius 2 is 2.25 bits per heavy atom. The minimum atomic E-state index is 0.929. The molecule has 0 saturated carbocycles. The van der Waals surface area contributed by atoms with Crippen LogP contribution in [0.15, 0.2) is 11.1 Å². The summed E-state index contributed by atoms with van der Waals surface area (Å²) in [6, 6.07) is 0. The summed E-state index contributed by atoms with van der Waals surface area (Å²) in [7, 11) is 0. The maximum Gasteiger partial charge on any atom is 0.0904 e. The van der Waals surface area contributed by atoms with Gasteiger partial charge in [0.2, 0.25) is 0 Å². The lowest BCUT2D eigenvalue weighted by molar-refractivity contribution is 1.19. The van der Waals surface area contributed by atoms with Crippen molar-refractivity contribution in [3.63, 3.8) is 0 Å². The van der Waals surface area contributed by atoms with Crippen molar-refractivity contribution in [3.05, 3.63) is 21.7 Å². The molecule has 1 aromatic rings. The number of aryl methyl sites for hydroxylation is 2. The molecule has 1 aromatic heterocycles. The molecule has 0 saturated heterocycles. The van der Waals surface area contributed by atoms with Gasteiger partial charge in [0, 0.05) is 0 Å². The summed E-state index contributed by atoms with van der Waals surface area (Å²) in [6.07, 6.45) is 1.95. The molecule has 0 bridgehead atoms. The van der Waals surface area contributed by atoms with E-state index in [0.717, 1.165) is 21.3 Å². The van der Waals surface area contributed by atoms with Crippen LogP contribution in [-0.2, 0) is 0 Å². The maximum atomic E-state index is 4.32. The van der Waals surface area contributed by atoms with E-state index in [4.69, 9.17) is 0 Å². The number of aliphatic imine (C=N–C) groups is 1. The number of thiazole rings is 1. The van der Waals surface area contributed by atoms with Gasteiger partial charge in [-0.3, -0.25) is 4.99 Å². The number of allylic oxidation sites excluding steroid dienone is 1. The van der Waals surface area contributed by atoms with E-state index in [2.05, 4.69) is 16.7 Å².